The fourth-order valence-corrected chi connectivity index (χ4v) is 2.83. The smallest absolute Gasteiger partial charge is 0.359 e. The normalized spacial score (nSPS) is 12.1. The van der Waals surface area contributed by atoms with Gasteiger partial charge in [-0.15, -0.1) is 11.3 Å². The van der Waals surface area contributed by atoms with E-state index >= 15 is 0 Å². The second-order valence-corrected chi connectivity index (χ2v) is 5.02. The standard InChI is InChI=1S/C14H15NO4S/c1-4-18-13(16)9(3)15-10-6-7-20-12(10)8-11(15)14(17)19-5-2/h5-9H,2,4H2,1,3H3. The molecule has 0 spiro atoms. The zero-order chi connectivity index (χ0) is 14.7. The molecule has 5 nitrogen and oxygen atoms in total. The third kappa shape index (κ3) is 2.46. The molecule has 2 rings (SSSR count). The average Bonchev–Trinajstić information content (AvgIpc) is 2.98. The van der Waals surface area contributed by atoms with Crippen LogP contribution in [0, 0.1) is 0 Å². The molecule has 0 bridgehead atoms. The van der Waals surface area contributed by atoms with E-state index in [4.69, 9.17) is 9.47 Å². The Balaban J connectivity index is 2.50. The predicted octanol–water partition coefficient (Wildman–Crippen LogP) is 3.13. The second-order valence-electron chi connectivity index (χ2n) is 4.07. The minimum Gasteiger partial charge on any atom is -0.464 e. The number of carbonyl (C=O) groups is 2. The molecule has 0 amide bonds. The first-order chi connectivity index (χ1) is 9.60. The SMILES string of the molecule is C=COC(=O)c1cc2sccc2n1C(C)C(=O)OCC. The Morgan fingerprint density at radius 3 is 2.95 bits per heavy atom. The van der Waals surface area contributed by atoms with Gasteiger partial charge in [0.15, 0.2) is 0 Å². The Hall–Kier alpha value is -2.08. The maximum Gasteiger partial charge on any atom is 0.359 e. The van der Waals surface area contributed by atoms with Crippen LogP contribution in [0.1, 0.15) is 30.4 Å². The van der Waals surface area contributed by atoms with Crippen LogP contribution in [0.5, 0.6) is 0 Å². The summed E-state index contributed by atoms with van der Waals surface area (Å²) < 4.78 is 12.4. The Kier molecular flexibility index (Phi) is 4.24. The van der Waals surface area contributed by atoms with Gasteiger partial charge in [0.2, 0.25) is 0 Å². The largest absolute Gasteiger partial charge is 0.464 e. The summed E-state index contributed by atoms with van der Waals surface area (Å²) in [6.45, 7) is 7.10. The van der Waals surface area contributed by atoms with E-state index in [0.717, 1.165) is 16.5 Å². The van der Waals surface area contributed by atoms with Crippen LogP contribution in [-0.2, 0) is 14.3 Å². The molecule has 2 heterocycles. The van der Waals surface area contributed by atoms with Crippen LogP contribution in [-0.4, -0.2) is 23.1 Å². The molecule has 0 radical (unpaired) electrons. The molecular formula is C14H15NO4S. The van der Waals surface area contributed by atoms with Crippen molar-refractivity contribution in [2.45, 2.75) is 19.9 Å². The first kappa shape index (κ1) is 14.3. The summed E-state index contributed by atoms with van der Waals surface area (Å²) >= 11 is 1.49. The van der Waals surface area contributed by atoms with E-state index in [0.29, 0.717) is 12.3 Å². The molecule has 2 aromatic rings. The number of ether oxygens (including phenoxy) is 2. The monoisotopic (exact) mass is 293 g/mol. The van der Waals surface area contributed by atoms with Crippen molar-refractivity contribution in [1.82, 2.24) is 4.57 Å². The average molecular weight is 293 g/mol. The van der Waals surface area contributed by atoms with Gasteiger partial charge in [0.25, 0.3) is 0 Å². The van der Waals surface area contributed by atoms with Crippen LogP contribution in [0.2, 0.25) is 0 Å². The zero-order valence-corrected chi connectivity index (χ0v) is 12.1. The summed E-state index contributed by atoms with van der Waals surface area (Å²) in [5, 5.41) is 1.90. The van der Waals surface area contributed by atoms with E-state index < -0.39 is 12.0 Å². The number of nitrogens with zero attached hydrogens (tertiary/aromatic N) is 1. The molecule has 0 N–H and O–H groups in total. The van der Waals surface area contributed by atoms with Crippen LogP contribution < -0.4 is 0 Å². The van der Waals surface area contributed by atoms with Gasteiger partial charge in [-0.2, -0.15) is 0 Å². The lowest BCUT2D eigenvalue weighted by atomic mass is 10.3. The van der Waals surface area contributed by atoms with Gasteiger partial charge in [0.05, 0.1) is 23.1 Å². The van der Waals surface area contributed by atoms with E-state index in [2.05, 4.69) is 6.58 Å². The molecule has 0 saturated heterocycles. The van der Waals surface area contributed by atoms with Crippen LogP contribution in [0.3, 0.4) is 0 Å². The van der Waals surface area contributed by atoms with E-state index in [-0.39, 0.29) is 5.97 Å². The fraction of sp³-hybridized carbons (Fsp3) is 0.286. The fourth-order valence-electron chi connectivity index (χ4n) is 2.02. The van der Waals surface area contributed by atoms with Gasteiger partial charge in [0, 0.05) is 0 Å². The van der Waals surface area contributed by atoms with Gasteiger partial charge >= 0.3 is 11.9 Å². The lowest BCUT2D eigenvalue weighted by Gasteiger charge is -2.16. The van der Waals surface area contributed by atoms with Crippen molar-refractivity contribution < 1.29 is 19.1 Å². The van der Waals surface area contributed by atoms with E-state index in [1.54, 1.807) is 24.5 Å². The van der Waals surface area contributed by atoms with E-state index in [9.17, 15) is 9.59 Å². The third-order valence-corrected chi connectivity index (χ3v) is 3.73. The quantitative estimate of drug-likeness (QED) is 0.628. The van der Waals surface area contributed by atoms with Crippen LogP contribution in [0.25, 0.3) is 10.2 Å². The van der Waals surface area contributed by atoms with Crippen molar-refractivity contribution in [2.75, 3.05) is 6.61 Å². The van der Waals surface area contributed by atoms with Gasteiger partial charge in [0.1, 0.15) is 11.7 Å². The van der Waals surface area contributed by atoms with Crippen molar-refractivity contribution >= 4 is 33.5 Å². The van der Waals surface area contributed by atoms with Gasteiger partial charge in [-0.25, -0.2) is 9.59 Å². The minimum atomic E-state index is -0.602. The Morgan fingerprint density at radius 1 is 1.55 bits per heavy atom. The highest BCUT2D eigenvalue weighted by molar-refractivity contribution is 7.17. The van der Waals surface area contributed by atoms with Crippen LogP contribution in [0.4, 0.5) is 0 Å². The molecule has 1 atom stereocenters. The van der Waals surface area contributed by atoms with Crippen molar-refractivity contribution in [1.29, 1.82) is 0 Å². The molecule has 6 heteroatoms. The molecule has 0 fully saturated rings. The minimum absolute atomic E-state index is 0.295. The molecule has 106 valence electrons. The molecule has 0 aliphatic rings. The highest BCUT2D eigenvalue weighted by atomic mass is 32.1. The molecule has 0 aliphatic carbocycles. The Morgan fingerprint density at radius 2 is 2.30 bits per heavy atom. The third-order valence-electron chi connectivity index (χ3n) is 2.87. The van der Waals surface area contributed by atoms with Gasteiger partial charge in [-0.1, -0.05) is 6.58 Å². The highest BCUT2D eigenvalue weighted by Gasteiger charge is 2.25. The van der Waals surface area contributed by atoms with Crippen molar-refractivity contribution in [3.05, 3.63) is 36.0 Å². The second kappa shape index (κ2) is 5.92. The van der Waals surface area contributed by atoms with Crippen molar-refractivity contribution in [3.63, 3.8) is 0 Å². The number of hydrogen-bond acceptors (Lipinski definition) is 5. The van der Waals surface area contributed by atoms with Crippen molar-refractivity contribution in [2.24, 2.45) is 0 Å². The number of rotatable bonds is 5. The number of aromatic nitrogens is 1. The van der Waals surface area contributed by atoms with Crippen molar-refractivity contribution in [3.8, 4) is 0 Å². The topological polar surface area (TPSA) is 57.5 Å². The molecule has 0 aliphatic heterocycles. The lowest BCUT2D eigenvalue weighted by molar-refractivity contribution is -0.146. The summed E-state index contributed by atoms with van der Waals surface area (Å²) in [4.78, 5) is 23.9. The summed E-state index contributed by atoms with van der Waals surface area (Å²) in [5.41, 5.74) is 1.12. The van der Waals surface area contributed by atoms with Gasteiger partial charge in [-0.3, -0.25) is 0 Å². The number of hydrogen-bond donors (Lipinski definition) is 0. The summed E-state index contributed by atoms with van der Waals surface area (Å²) in [7, 11) is 0. The van der Waals surface area contributed by atoms with Crippen LogP contribution >= 0.6 is 11.3 Å². The van der Waals surface area contributed by atoms with Crippen LogP contribution in [0.15, 0.2) is 30.4 Å². The highest BCUT2D eigenvalue weighted by Crippen LogP contribution is 2.29. The number of carbonyl (C=O) groups excluding carboxylic acids is 2. The molecule has 0 aromatic carbocycles. The molecule has 0 saturated carbocycles. The van der Waals surface area contributed by atoms with Gasteiger partial charge in [-0.05, 0) is 31.4 Å². The summed E-state index contributed by atoms with van der Waals surface area (Å²) in [6.07, 6.45) is 1.07. The molecule has 20 heavy (non-hydrogen) atoms. The summed E-state index contributed by atoms with van der Waals surface area (Å²) in [6, 6.07) is 2.97. The summed E-state index contributed by atoms with van der Waals surface area (Å²) in [5.74, 6) is -0.927. The first-order valence-corrected chi connectivity index (χ1v) is 7.05. The Labute approximate surface area is 120 Å². The zero-order valence-electron chi connectivity index (χ0n) is 11.3. The lowest BCUT2D eigenvalue weighted by Crippen LogP contribution is -2.22. The number of thiophene rings is 1. The maximum atomic E-state index is 12.0. The van der Waals surface area contributed by atoms with E-state index in [1.165, 1.54) is 11.3 Å². The first-order valence-electron chi connectivity index (χ1n) is 6.17. The van der Waals surface area contributed by atoms with E-state index in [1.807, 2.05) is 11.4 Å². The maximum absolute atomic E-state index is 12.0. The number of fused-ring (bicyclic) bond motifs is 1. The Bertz CT molecular complexity index is 655. The molecule has 2 aromatic heterocycles. The molecule has 1 unspecified atom stereocenters. The number of esters is 2. The predicted molar refractivity (Wildman–Crippen MR) is 76.8 cm³/mol. The van der Waals surface area contributed by atoms with Gasteiger partial charge < -0.3 is 14.0 Å². The molecular weight excluding hydrogens is 278 g/mol.